The first-order valence-corrected chi connectivity index (χ1v) is 6.59. The van der Waals surface area contributed by atoms with E-state index in [1.54, 1.807) is 27.7 Å². The lowest BCUT2D eigenvalue weighted by Gasteiger charge is -2.38. The fourth-order valence-electron chi connectivity index (χ4n) is 1.93. The maximum Gasteiger partial charge on any atom is 0.410 e. The second-order valence-electron chi connectivity index (χ2n) is 5.81. The Bertz CT molecular complexity index is 316. The molecule has 1 amide bonds. The van der Waals surface area contributed by atoms with Crippen LogP contribution in [0, 0.1) is 5.92 Å². The van der Waals surface area contributed by atoms with E-state index in [1.165, 1.54) is 0 Å². The van der Waals surface area contributed by atoms with Gasteiger partial charge < -0.3 is 14.4 Å². The Labute approximate surface area is 113 Å². The van der Waals surface area contributed by atoms with Gasteiger partial charge in [0.05, 0.1) is 13.2 Å². The second kappa shape index (κ2) is 6.03. The summed E-state index contributed by atoms with van der Waals surface area (Å²) in [5, 5.41) is 0. The van der Waals surface area contributed by atoms with E-state index in [2.05, 4.69) is 0 Å². The van der Waals surface area contributed by atoms with Gasteiger partial charge in [0.25, 0.3) is 5.92 Å². The predicted octanol–water partition coefficient (Wildman–Crippen LogP) is 2.92. The highest BCUT2D eigenvalue weighted by molar-refractivity contribution is 5.68. The minimum Gasteiger partial charge on any atom is -0.444 e. The fraction of sp³-hybridized carbons (Fsp3) is 0.923. The molecule has 0 radical (unpaired) electrons. The number of carbonyl (C=O) groups is 1. The lowest BCUT2D eigenvalue weighted by atomic mass is 9.94. The van der Waals surface area contributed by atoms with Gasteiger partial charge in [0, 0.05) is 19.1 Å². The van der Waals surface area contributed by atoms with Crippen molar-refractivity contribution >= 4 is 6.09 Å². The molecule has 112 valence electrons. The fourth-order valence-corrected chi connectivity index (χ4v) is 1.93. The van der Waals surface area contributed by atoms with Gasteiger partial charge in [-0.25, -0.2) is 13.6 Å². The maximum absolute atomic E-state index is 13.9. The lowest BCUT2D eigenvalue weighted by molar-refractivity contribution is -0.129. The molecule has 1 unspecified atom stereocenters. The van der Waals surface area contributed by atoms with Gasteiger partial charge in [0.1, 0.15) is 5.60 Å². The van der Waals surface area contributed by atoms with Crippen molar-refractivity contribution in [2.75, 3.05) is 26.3 Å². The molecule has 6 heteroatoms. The summed E-state index contributed by atoms with van der Waals surface area (Å²) in [6.07, 6.45) is -0.450. The van der Waals surface area contributed by atoms with Crippen molar-refractivity contribution in [1.29, 1.82) is 0 Å². The average Bonchev–Trinajstić information content (AvgIpc) is 2.24. The third-order valence-corrected chi connectivity index (χ3v) is 2.92. The summed E-state index contributed by atoms with van der Waals surface area (Å²) in [6.45, 7) is 7.05. The van der Waals surface area contributed by atoms with Crippen LogP contribution in [0.4, 0.5) is 13.6 Å². The van der Waals surface area contributed by atoms with Crippen LogP contribution < -0.4 is 0 Å². The largest absolute Gasteiger partial charge is 0.444 e. The molecule has 0 bridgehead atoms. The molecular formula is C13H23F2NO3. The van der Waals surface area contributed by atoms with Gasteiger partial charge >= 0.3 is 6.09 Å². The van der Waals surface area contributed by atoms with Crippen molar-refractivity contribution < 1.29 is 23.0 Å². The monoisotopic (exact) mass is 279 g/mol. The van der Waals surface area contributed by atoms with Crippen LogP contribution in [0.5, 0.6) is 0 Å². The van der Waals surface area contributed by atoms with Crippen LogP contribution >= 0.6 is 0 Å². The zero-order valence-corrected chi connectivity index (χ0v) is 12.0. The van der Waals surface area contributed by atoms with Gasteiger partial charge in [-0.1, -0.05) is 0 Å². The molecule has 4 nitrogen and oxygen atoms in total. The van der Waals surface area contributed by atoms with Gasteiger partial charge in [0.2, 0.25) is 0 Å². The first kappa shape index (κ1) is 16.1. The molecule has 1 saturated heterocycles. The van der Waals surface area contributed by atoms with Crippen LogP contribution in [0.2, 0.25) is 0 Å². The Balaban J connectivity index is 2.57. The van der Waals surface area contributed by atoms with E-state index >= 15 is 0 Å². The molecule has 1 atom stereocenters. The molecule has 0 aromatic carbocycles. The summed E-state index contributed by atoms with van der Waals surface area (Å²) in [5.41, 5.74) is -0.672. The van der Waals surface area contributed by atoms with E-state index < -0.39 is 30.1 Å². The molecule has 1 heterocycles. The number of piperidine rings is 1. The highest BCUT2D eigenvalue weighted by Crippen LogP contribution is 2.33. The van der Waals surface area contributed by atoms with Crippen molar-refractivity contribution in [2.45, 2.75) is 45.6 Å². The summed E-state index contributed by atoms with van der Waals surface area (Å²) in [7, 11) is 0. The number of likely N-dealkylation sites (tertiary alicyclic amines) is 1. The van der Waals surface area contributed by atoms with Crippen LogP contribution in [0.1, 0.15) is 34.1 Å². The number of amides is 1. The zero-order valence-electron chi connectivity index (χ0n) is 12.0. The van der Waals surface area contributed by atoms with Crippen LogP contribution in [0.25, 0.3) is 0 Å². The van der Waals surface area contributed by atoms with Crippen LogP contribution in [0.15, 0.2) is 0 Å². The number of hydrogen-bond donors (Lipinski definition) is 0. The average molecular weight is 279 g/mol. The normalized spacial score (nSPS) is 23.3. The minimum atomic E-state index is -2.93. The standard InChI is InChI=1S/C13H23F2NO3/c1-5-18-8-10-6-7-16(9-13(10,14)15)11(17)19-12(2,3)4/h10H,5-9H2,1-4H3. The second-order valence-corrected chi connectivity index (χ2v) is 5.81. The number of ether oxygens (including phenoxy) is 2. The van der Waals surface area contributed by atoms with Crippen LogP contribution in [0.3, 0.4) is 0 Å². The topological polar surface area (TPSA) is 38.8 Å². The molecule has 19 heavy (non-hydrogen) atoms. The SMILES string of the molecule is CCOCC1CCN(C(=O)OC(C)(C)C)CC1(F)F. The first-order chi connectivity index (χ1) is 8.65. The Morgan fingerprint density at radius 2 is 2.05 bits per heavy atom. The summed E-state index contributed by atoms with van der Waals surface area (Å²) >= 11 is 0. The highest BCUT2D eigenvalue weighted by Gasteiger charge is 2.46. The molecule has 0 aromatic heterocycles. The molecule has 1 aliphatic rings. The molecule has 0 aromatic rings. The van der Waals surface area contributed by atoms with Gasteiger partial charge in [-0.3, -0.25) is 0 Å². The van der Waals surface area contributed by atoms with E-state index in [0.29, 0.717) is 6.61 Å². The van der Waals surface area contributed by atoms with Crippen molar-refractivity contribution in [3.63, 3.8) is 0 Å². The van der Waals surface area contributed by atoms with Gasteiger partial charge in [-0.15, -0.1) is 0 Å². The van der Waals surface area contributed by atoms with Gasteiger partial charge in [-0.05, 0) is 34.1 Å². The van der Waals surface area contributed by atoms with E-state index in [4.69, 9.17) is 9.47 Å². The number of alkyl halides is 2. The quantitative estimate of drug-likeness (QED) is 0.797. The molecule has 0 aliphatic carbocycles. The lowest BCUT2D eigenvalue weighted by Crippen LogP contribution is -2.52. The number of nitrogens with zero attached hydrogens (tertiary/aromatic N) is 1. The summed E-state index contributed by atoms with van der Waals surface area (Å²) in [4.78, 5) is 12.8. The van der Waals surface area contributed by atoms with Crippen LogP contribution in [-0.2, 0) is 9.47 Å². The molecule has 0 spiro atoms. The van der Waals surface area contributed by atoms with E-state index in [1.807, 2.05) is 0 Å². The summed E-state index contributed by atoms with van der Waals surface area (Å²) in [5.74, 6) is -3.75. The smallest absolute Gasteiger partial charge is 0.410 e. The Hall–Kier alpha value is -0.910. The molecule has 0 N–H and O–H groups in total. The van der Waals surface area contributed by atoms with Crippen LogP contribution in [-0.4, -0.2) is 48.8 Å². The van der Waals surface area contributed by atoms with Crippen molar-refractivity contribution in [1.82, 2.24) is 4.90 Å². The predicted molar refractivity (Wildman–Crippen MR) is 67.4 cm³/mol. The minimum absolute atomic E-state index is 0.0334. The third kappa shape index (κ3) is 4.93. The highest BCUT2D eigenvalue weighted by atomic mass is 19.3. The van der Waals surface area contributed by atoms with E-state index in [9.17, 15) is 13.6 Å². The summed E-state index contributed by atoms with van der Waals surface area (Å²) in [6, 6.07) is 0. The zero-order chi connectivity index (χ0) is 14.7. The van der Waals surface area contributed by atoms with Crippen molar-refractivity contribution in [2.24, 2.45) is 5.92 Å². The first-order valence-electron chi connectivity index (χ1n) is 6.59. The Kier molecular flexibility index (Phi) is 5.12. The van der Waals surface area contributed by atoms with Crippen molar-refractivity contribution in [3.8, 4) is 0 Å². The number of rotatable bonds is 3. The molecule has 0 saturated carbocycles. The number of carbonyl (C=O) groups excluding carboxylic acids is 1. The number of hydrogen-bond acceptors (Lipinski definition) is 3. The van der Waals surface area contributed by atoms with E-state index in [0.717, 1.165) is 4.90 Å². The molecular weight excluding hydrogens is 256 g/mol. The number of halogens is 2. The Morgan fingerprint density at radius 1 is 1.42 bits per heavy atom. The van der Waals surface area contributed by atoms with Gasteiger partial charge in [0.15, 0.2) is 0 Å². The Morgan fingerprint density at radius 3 is 2.53 bits per heavy atom. The van der Waals surface area contributed by atoms with Crippen molar-refractivity contribution in [3.05, 3.63) is 0 Å². The maximum atomic E-state index is 13.9. The van der Waals surface area contributed by atoms with Gasteiger partial charge in [-0.2, -0.15) is 0 Å². The summed E-state index contributed by atoms with van der Waals surface area (Å²) < 4.78 is 38.0. The molecule has 1 rings (SSSR count). The molecule has 1 aliphatic heterocycles. The van der Waals surface area contributed by atoms with E-state index in [-0.39, 0.29) is 19.6 Å². The molecule has 1 fully saturated rings. The third-order valence-electron chi connectivity index (χ3n) is 2.92.